The first kappa shape index (κ1) is 9.68. The molecule has 1 unspecified atom stereocenters. The van der Waals surface area contributed by atoms with Crippen molar-refractivity contribution in [2.45, 2.75) is 45.0 Å². The molecule has 2 rings (SSSR count). The molecule has 0 radical (unpaired) electrons. The molecule has 1 saturated carbocycles. The van der Waals surface area contributed by atoms with E-state index in [1.807, 2.05) is 10.8 Å². The molecular formula is C10H17N3O. The molecule has 1 aliphatic rings. The Morgan fingerprint density at radius 2 is 2.50 bits per heavy atom. The van der Waals surface area contributed by atoms with Crippen molar-refractivity contribution in [2.24, 2.45) is 0 Å². The van der Waals surface area contributed by atoms with Crippen molar-refractivity contribution < 1.29 is 5.11 Å². The molecule has 0 saturated heterocycles. The van der Waals surface area contributed by atoms with Gasteiger partial charge in [0.1, 0.15) is 0 Å². The summed E-state index contributed by atoms with van der Waals surface area (Å²) >= 11 is 0. The molecule has 78 valence electrons. The van der Waals surface area contributed by atoms with E-state index in [4.69, 9.17) is 0 Å². The van der Waals surface area contributed by atoms with Gasteiger partial charge in [0.2, 0.25) is 0 Å². The first-order valence-electron chi connectivity index (χ1n) is 5.16. The molecule has 0 amide bonds. The molecule has 1 fully saturated rings. The fraction of sp³-hybridized carbons (Fsp3) is 0.700. The largest absolute Gasteiger partial charge is 0.392 e. The Hall–Kier alpha value is -0.870. The van der Waals surface area contributed by atoms with Crippen LogP contribution in [0.5, 0.6) is 0 Å². The van der Waals surface area contributed by atoms with Gasteiger partial charge in [-0.3, -0.25) is 0 Å². The van der Waals surface area contributed by atoms with E-state index in [0.717, 1.165) is 18.3 Å². The summed E-state index contributed by atoms with van der Waals surface area (Å²) in [5.41, 5.74) is 1.05. The second kappa shape index (κ2) is 4.11. The molecule has 1 atom stereocenters. The number of aliphatic hydroxyl groups is 1. The smallest absolute Gasteiger partial charge is 0.0950 e. The number of hydrogen-bond acceptors (Lipinski definition) is 3. The van der Waals surface area contributed by atoms with Crippen molar-refractivity contribution in [1.82, 2.24) is 14.9 Å². The van der Waals surface area contributed by atoms with E-state index < -0.39 is 0 Å². The predicted molar refractivity (Wildman–Crippen MR) is 53.8 cm³/mol. The quantitative estimate of drug-likeness (QED) is 0.720. The summed E-state index contributed by atoms with van der Waals surface area (Å²) in [6, 6.07) is 0.719. The minimum atomic E-state index is -0.312. The second-order valence-electron chi connectivity index (χ2n) is 4.07. The molecular weight excluding hydrogens is 178 g/mol. The lowest BCUT2D eigenvalue weighted by atomic mass is 10.4. The number of nitrogens with one attached hydrogen (secondary N) is 1. The number of rotatable bonds is 5. The van der Waals surface area contributed by atoms with E-state index in [1.54, 1.807) is 13.3 Å². The van der Waals surface area contributed by atoms with E-state index in [0.29, 0.717) is 6.54 Å². The zero-order valence-electron chi connectivity index (χ0n) is 8.48. The van der Waals surface area contributed by atoms with E-state index in [1.165, 1.54) is 12.8 Å². The van der Waals surface area contributed by atoms with Crippen LogP contribution in [0.2, 0.25) is 0 Å². The van der Waals surface area contributed by atoms with Crippen LogP contribution >= 0.6 is 0 Å². The molecule has 1 aliphatic carbocycles. The van der Waals surface area contributed by atoms with E-state index in [-0.39, 0.29) is 6.10 Å². The van der Waals surface area contributed by atoms with Crippen LogP contribution in [0.15, 0.2) is 12.5 Å². The Balaban J connectivity index is 1.81. The summed E-state index contributed by atoms with van der Waals surface area (Å²) in [5, 5.41) is 12.6. The van der Waals surface area contributed by atoms with Gasteiger partial charge in [0.15, 0.2) is 0 Å². The zero-order chi connectivity index (χ0) is 9.97. The number of imidazole rings is 1. The topological polar surface area (TPSA) is 50.1 Å². The van der Waals surface area contributed by atoms with Crippen LogP contribution < -0.4 is 5.32 Å². The van der Waals surface area contributed by atoms with Crippen LogP contribution in [-0.4, -0.2) is 26.8 Å². The summed E-state index contributed by atoms with van der Waals surface area (Å²) in [5.74, 6) is 0. The highest BCUT2D eigenvalue weighted by Gasteiger charge is 2.20. The van der Waals surface area contributed by atoms with Gasteiger partial charge < -0.3 is 15.0 Å². The molecule has 2 N–H and O–H groups in total. The molecule has 4 heteroatoms. The van der Waals surface area contributed by atoms with Gasteiger partial charge in [-0.15, -0.1) is 0 Å². The lowest BCUT2D eigenvalue weighted by Gasteiger charge is -2.03. The van der Waals surface area contributed by atoms with Crippen molar-refractivity contribution in [2.75, 3.05) is 0 Å². The average molecular weight is 195 g/mol. The Kier molecular flexibility index (Phi) is 2.84. The van der Waals surface area contributed by atoms with Gasteiger partial charge in [0.25, 0.3) is 0 Å². The maximum absolute atomic E-state index is 9.18. The Bertz CT molecular complexity index is 291. The number of aromatic nitrogens is 2. The predicted octanol–water partition coefficient (Wildman–Crippen LogP) is 0.516. The van der Waals surface area contributed by atoms with Gasteiger partial charge in [-0.2, -0.15) is 0 Å². The Morgan fingerprint density at radius 1 is 1.71 bits per heavy atom. The summed E-state index contributed by atoms with van der Waals surface area (Å²) in [6.07, 6.45) is 6.05. The average Bonchev–Trinajstić information content (AvgIpc) is 2.84. The van der Waals surface area contributed by atoms with Crippen LogP contribution in [0.25, 0.3) is 0 Å². The van der Waals surface area contributed by atoms with E-state index in [9.17, 15) is 5.11 Å². The summed E-state index contributed by atoms with van der Waals surface area (Å²) in [6.45, 7) is 3.25. The highest BCUT2D eigenvalue weighted by atomic mass is 16.3. The van der Waals surface area contributed by atoms with Gasteiger partial charge in [0, 0.05) is 25.3 Å². The molecule has 0 aliphatic heterocycles. The van der Waals surface area contributed by atoms with Gasteiger partial charge >= 0.3 is 0 Å². The zero-order valence-corrected chi connectivity index (χ0v) is 8.48. The molecule has 14 heavy (non-hydrogen) atoms. The highest BCUT2D eigenvalue weighted by molar-refractivity contribution is 4.98. The second-order valence-corrected chi connectivity index (χ2v) is 4.07. The van der Waals surface area contributed by atoms with Crippen molar-refractivity contribution in [1.29, 1.82) is 0 Å². The van der Waals surface area contributed by atoms with Gasteiger partial charge in [-0.05, 0) is 19.8 Å². The molecule has 1 aromatic rings. The van der Waals surface area contributed by atoms with Crippen LogP contribution in [0.3, 0.4) is 0 Å². The lowest BCUT2D eigenvalue weighted by Crippen LogP contribution is -2.15. The van der Waals surface area contributed by atoms with Crippen LogP contribution in [0, 0.1) is 0 Å². The SMILES string of the molecule is CC(O)Cn1cnc(CNC2CC2)c1. The van der Waals surface area contributed by atoms with Gasteiger partial charge in [0.05, 0.1) is 18.1 Å². The van der Waals surface area contributed by atoms with E-state index in [2.05, 4.69) is 10.3 Å². The Labute approximate surface area is 84.0 Å². The molecule has 0 spiro atoms. The summed E-state index contributed by atoms with van der Waals surface area (Å²) in [4.78, 5) is 4.26. The fourth-order valence-corrected chi connectivity index (χ4v) is 1.44. The third kappa shape index (κ3) is 2.82. The first-order chi connectivity index (χ1) is 6.74. The van der Waals surface area contributed by atoms with Crippen molar-refractivity contribution >= 4 is 0 Å². The third-order valence-electron chi connectivity index (χ3n) is 2.31. The normalized spacial score (nSPS) is 18.4. The van der Waals surface area contributed by atoms with Gasteiger partial charge in [-0.1, -0.05) is 0 Å². The minimum absolute atomic E-state index is 0.312. The van der Waals surface area contributed by atoms with Crippen molar-refractivity contribution in [3.63, 3.8) is 0 Å². The van der Waals surface area contributed by atoms with Crippen LogP contribution in [0.4, 0.5) is 0 Å². The fourth-order valence-electron chi connectivity index (χ4n) is 1.44. The molecule has 0 bridgehead atoms. The molecule has 4 nitrogen and oxygen atoms in total. The number of aliphatic hydroxyl groups excluding tert-OH is 1. The number of nitrogens with zero attached hydrogens (tertiary/aromatic N) is 2. The molecule has 1 aromatic heterocycles. The van der Waals surface area contributed by atoms with Crippen molar-refractivity contribution in [3.8, 4) is 0 Å². The lowest BCUT2D eigenvalue weighted by molar-refractivity contribution is 0.173. The maximum Gasteiger partial charge on any atom is 0.0950 e. The molecule has 1 heterocycles. The van der Waals surface area contributed by atoms with Crippen LogP contribution in [-0.2, 0) is 13.1 Å². The highest BCUT2D eigenvalue weighted by Crippen LogP contribution is 2.18. The first-order valence-corrected chi connectivity index (χ1v) is 5.16. The summed E-state index contributed by atoms with van der Waals surface area (Å²) in [7, 11) is 0. The van der Waals surface area contributed by atoms with Crippen molar-refractivity contribution in [3.05, 3.63) is 18.2 Å². The van der Waals surface area contributed by atoms with E-state index >= 15 is 0 Å². The minimum Gasteiger partial charge on any atom is -0.392 e. The number of hydrogen-bond donors (Lipinski definition) is 2. The monoisotopic (exact) mass is 195 g/mol. The van der Waals surface area contributed by atoms with Crippen LogP contribution in [0.1, 0.15) is 25.5 Å². The third-order valence-corrected chi connectivity index (χ3v) is 2.31. The Morgan fingerprint density at radius 3 is 3.14 bits per heavy atom. The maximum atomic E-state index is 9.18. The summed E-state index contributed by atoms with van der Waals surface area (Å²) < 4.78 is 1.93. The standard InChI is InChI=1S/C10H17N3O/c1-8(14)5-13-6-10(12-7-13)4-11-9-2-3-9/h6-9,11,14H,2-5H2,1H3. The van der Waals surface area contributed by atoms with Gasteiger partial charge in [-0.25, -0.2) is 4.98 Å². The molecule has 0 aromatic carbocycles.